The lowest BCUT2D eigenvalue weighted by Gasteiger charge is -2.27. The Balaban J connectivity index is 3.08. The molecule has 0 heterocycles. The lowest BCUT2D eigenvalue weighted by molar-refractivity contribution is -0.143. The van der Waals surface area contributed by atoms with Crippen LogP contribution in [0.4, 0.5) is 0 Å². The Morgan fingerprint density at radius 1 is 1.39 bits per heavy atom. The molecule has 18 heavy (non-hydrogen) atoms. The third-order valence-corrected chi connectivity index (χ3v) is 3.14. The second kappa shape index (κ2) is 6.52. The summed E-state index contributed by atoms with van der Waals surface area (Å²) >= 11 is 0. The van der Waals surface area contributed by atoms with E-state index in [-0.39, 0.29) is 0 Å². The van der Waals surface area contributed by atoms with Gasteiger partial charge in [0.15, 0.2) is 0 Å². The first-order chi connectivity index (χ1) is 8.49. The van der Waals surface area contributed by atoms with Gasteiger partial charge in [0, 0.05) is 13.7 Å². The highest BCUT2D eigenvalue weighted by Gasteiger charge is 2.27. The molecule has 1 aromatic rings. The van der Waals surface area contributed by atoms with E-state index in [1.807, 2.05) is 39.1 Å². The number of methoxy groups -OCH3 is 1. The molecule has 0 radical (unpaired) electrons. The van der Waals surface area contributed by atoms with Crippen molar-refractivity contribution in [3.05, 3.63) is 34.9 Å². The molecule has 0 spiro atoms. The van der Waals surface area contributed by atoms with Crippen molar-refractivity contribution in [2.75, 3.05) is 27.3 Å². The molecular weight excluding hydrogens is 230 g/mol. The Bertz CT molecular complexity index is 397. The van der Waals surface area contributed by atoms with Gasteiger partial charge in [-0.3, -0.25) is 9.69 Å². The Morgan fingerprint density at radius 3 is 2.39 bits per heavy atom. The third-order valence-electron chi connectivity index (χ3n) is 3.14. The number of carbonyl (C=O) groups is 1. The van der Waals surface area contributed by atoms with Gasteiger partial charge in [-0.25, -0.2) is 0 Å². The minimum atomic E-state index is -0.828. The van der Waals surface area contributed by atoms with Crippen molar-refractivity contribution in [2.24, 2.45) is 0 Å². The number of carboxylic acid groups (broad SMARTS) is 1. The van der Waals surface area contributed by atoms with Crippen molar-refractivity contribution in [2.45, 2.75) is 19.9 Å². The topological polar surface area (TPSA) is 49.8 Å². The van der Waals surface area contributed by atoms with Gasteiger partial charge in [-0.05, 0) is 37.6 Å². The van der Waals surface area contributed by atoms with Gasteiger partial charge in [-0.15, -0.1) is 0 Å². The summed E-state index contributed by atoms with van der Waals surface area (Å²) in [6.45, 7) is 5.00. The monoisotopic (exact) mass is 251 g/mol. The van der Waals surface area contributed by atoms with Crippen LogP contribution in [0.1, 0.15) is 22.7 Å². The highest BCUT2D eigenvalue weighted by Crippen LogP contribution is 2.26. The van der Waals surface area contributed by atoms with Crippen LogP contribution in [-0.4, -0.2) is 43.3 Å². The number of nitrogens with zero attached hydrogens (tertiary/aromatic N) is 1. The quantitative estimate of drug-likeness (QED) is 0.840. The van der Waals surface area contributed by atoms with Gasteiger partial charge in [0.25, 0.3) is 0 Å². The minimum absolute atomic E-state index is 0.519. The maximum Gasteiger partial charge on any atom is 0.325 e. The maximum atomic E-state index is 11.5. The van der Waals surface area contributed by atoms with Gasteiger partial charge in [0.1, 0.15) is 6.04 Å². The molecular formula is C14H21NO3. The average molecular weight is 251 g/mol. The Labute approximate surface area is 108 Å². The van der Waals surface area contributed by atoms with Gasteiger partial charge in [0.05, 0.1) is 6.61 Å². The number of benzene rings is 1. The van der Waals surface area contributed by atoms with Crippen molar-refractivity contribution in [3.8, 4) is 0 Å². The lowest BCUT2D eigenvalue weighted by atomic mass is 9.95. The summed E-state index contributed by atoms with van der Waals surface area (Å²) in [7, 11) is 3.42. The first kappa shape index (κ1) is 14.7. The zero-order valence-corrected chi connectivity index (χ0v) is 11.4. The third kappa shape index (κ3) is 3.31. The van der Waals surface area contributed by atoms with E-state index in [0.29, 0.717) is 13.2 Å². The molecule has 100 valence electrons. The van der Waals surface area contributed by atoms with E-state index < -0.39 is 12.0 Å². The molecule has 1 N–H and O–H groups in total. The summed E-state index contributed by atoms with van der Waals surface area (Å²) in [5, 5.41) is 9.46. The highest BCUT2D eigenvalue weighted by molar-refractivity contribution is 5.76. The van der Waals surface area contributed by atoms with E-state index in [9.17, 15) is 9.90 Å². The summed E-state index contributed by atoms with van der Waals surface area (Å²) in [5.74, 6) is -0.828. The van der Waals surface area contributed by atoms with Gasteiger partial charge in [-0.1, -0.05) is 18.2 Å². The number of rotatable bonds is 6. The number of likely N-dealkylation sites (N-methyl/N-ethyl adjacent to an activating group) is 1. The maximum absolute atomic E-state index is 11.5. The normalized spacial score (nSPS) is 12.7. The Morgan fingerprint density at radius 2 is 1.94 bits per heavy atom. The van der Waals surface area contributed by atoms with E-state index >= 15 is 0 Å². The average Bonchev–Trinajstić information content (AvgIpc) is 2.30. The standard InChI is InChI=1S/C14H21NO3/c1-10-6-5-7-11(2)12(10)13(14(16)17)15(3)8-9-18-4/h5-7,13H,8-9H2,1-4H3,(H,16,17)/t13-/m1/s1. The van der Waals surface area contributed by atoms with Crippen LogP contribution in [0.15, 0.2) is 18.2 Å². The molecule has 0 aromatic heterocycles. The minimum Gasteiger partial charge on any atom is -0.480 e. The second-order valence-electron chi connectivity index (χ2n) is 4.52. The first-order valence-corrected chi connectivity index (χ1v) is 5.97. The predicted octanol–water partition coefficient (Wildman–Crippen LogP) is 2.01. The molecule has 0 unspecified atom stereocenters. The van der Waals surface area contributed by atoms with E-state index in [0.717, 1.165) is 16.7 Å². The van der Waals surface area contributed by atoms with E-state index in [4.69, 9.17) is 4.74 Å². The zero-order chi connectivity index (χ0) is 13.7. The Kier molecular flexibility index (Phi) is 5.31. The zero-order valence-electron chi connectivity index (χ0n) is 11.4. The number of ether oxygens (including phenoxy) is 1. The van der Waals surface area contributed by atoms with Crippen LogP contribution in [-0.2, 0) is 9.53 Å². The Hall–Kier alpha value is -1.39. The SMILES string of the molecule is COCCN(C)[C@@H](C(=O)O)c1c(C)cccc1C. The van der Waals surface area contributed by atoms with Crippen LogP contribution >= 0.6 is 0 Å². The number of hydrogen-bond donors (Lipinski definition) is 1. The van der Waals surface area contributed by atoms with Crippen molar-refractivity contribution >= 4 is 5.97 Å². The molecule has 4 nitrogen and oxygen atoms in total. The molecule has 0 saturated heterocycles. The number of carboxylic acids is 1. The summed E-state index contributed by atoms with van der Waals surface area (Å²) < 4.78 is 5.00. The molecule has 0 amide bonds. The first-order valence-electron chi connectivity index (χ1n) is 5.97. The molecule has 0 fully saturated rings. The summed E-state index contributed by atoms with van der Waals surface area (Å²) in [6.07, 6.45) is 0. The van der Waals surface area contributed by atoms with E-state index in [1.165, 1.54) is 0 Å². The second-order valence-corrected chi connectivity index (χ2v) is 4.52. The molecule has 1 aromatic carbocycles. The van der Waals surface area contributed by atoms with Crippen molar-refractivity contribution in [3.63, 3.8) is 0 Å². The molecule has 1 atom stereocenters. The van der Waals surface area contributed by atoms with Crippen molar-refractivity contribution in [1.29, 1.82) is 0 Å². The van der Waals surface area contributed by atoms with Crippen LogP contribution in [0.5, 0.6) is 0 Å². The molecule has 0 aliphatic rings. The molecule has 0 aliphatic heterocycles. The lowest BCUT2D eigenvalue weighted by Crippen LogP contribution is -2.34. The number of hydrogen-bond acceptors (Lipinski definition) is 3. The predicted molar refractivity (Wildman–Crippen MR) is 70.8 cm³/mol. The van der Waals surface area contributed by atoms with Crippen LogP contribution in [0.3, 0.4) is 0 Å². The fourth-order valence-corrected chi connectivity index (χ4v) is 2.16. The van der Waals surface area contributed by atoms with Gasteiger partial charge >= 0.3 is 5.97 Å². The van der Waals surface area contributed by atoms with Crippen LogP contribution < -0.4 is 0 Å². The summed E-state index contributed by atoms with van der Waals surface area (Å²) in [5.41, 5.74) is 2.89. The van der Waals surface area contributed by atoms with Gasteiger partial charge in [-0.2, -0.15) is 0 Å². The van der Waals surface area contributed by atoms with Gasteiger partial charge < -0.3 is 9.84 Å². The molecule has 0 bridgehead atoms. The van der Waals surface area contributed by atoms with Crippen molar-refractivity contribution < 1.29 is 14.6 Å². The van der Waals surface area contributed by atoms with Gasteiger partial charge in [0.2, 0.25) is 0 Å². The summed E-state index contributed by atoms with van der Waals surface area (Å²) in [4.78, 5) is 13.3. The smallest absolute Gasteiger partial charge is 0.325 e. The van der Waals surface area contributed by atoms with Crippen LogP contribution in [0.25, 0.3) is 0 Å². The molecule has 4 heteroatoms. The van der Waals surface area contributed by atoms with E-state index in [1.54, 1.807) is 12.0 Å². The summed E-state index contributed by atoms with van der Waals surface area (Å²) in [6, 6.07) is 5.22. The number of aryl methyl sites for hydroxylation is 2. The van der Waals surface area contributed by atoms with E-state index in [2.05, 4.69) is 0 Å². The largest absolute Gasteiger partial charge is 0.480 e. The molecule has 1 rings (SSSR count). The number of aliphatic carboxylic acids is 1. The fraction of sp³-hybridized carbons (Fsp3) is 0.500. The highest BCUT2D eigenvalue weighted by atomic mass is 16.5. The van der Waals surface area contributed by atoms with Crippen molar-refractivity contribution in [1.82, 2.24) is 4.90 Å². The molecule has 0 aliphatic carbocycles. The van der Waals surface area contributed by atoms with Crippen LogP contribution in [0, 0.1) is 13.8 Å². The molecule has 0 saturated carbocycles. The fourth-order valence-electron chi connectivity index (χ4n) is 2.16. The van der Waals surface area contributed by atoms with Crippen LogP contribution in [0.2, 0.25) is 0 Å².